The molecule has 0 atom stereocenters. The number of carbonyl (C=O) groups excluding carboxylic acids is 1. The molecule has 0 amide bonds. The second-order valence-corrected chi connectivity index (χ2v) is 4.33. The number of nitriles is 1. The Morgan fingerprint density at radius 2 is 2.28 bits per heavy atom. The predicted molar refractivity (Wildman–Crippen MR) is 67.9 cm³/mol. The number of methoxy groups -OCH3 is 1. The summed E-state index contributed by atoms with van der Waals surface area (Å²) in [5.41, 5.74) is 1.02. The molecule has 1 heterocycles. The Kier molecular flexibility index (Phi) is 3.55. The zero-order chi connectivity index (χ0) is 13.0. The van der Waals surface area contributed by atoms with Crippen LogP contribution < -0.4 is 5.32 Å². The molecule has 1 aromatic carbocycles. The highest BCUT2D eigenvalue weighted by Crippen LogP contribution is 2.24. The first-order valence-electron chi connectivity index (χ1n) is 5.05. The zero-order valence-electron chi connectivity index (χ0n) is 9.51. The van der Waals surface area contributed by atoms with E-state index in [1.165, 1.54) is 24.6 Å². The minimum atomic E-state index is -0.421. The summed E-state index contributed by atoms with van der Waals surface area (Å²) in [6.07, 6.45) is 1.48. The highest BCUT2D eigenvalue weighted by atomic mass is 32.1. The molecule has 0 aliphatic carbocycles. The van der Waals surface area contributed by atoms with Crippen LogP contribution in [0.15, 0.2) is 30.5 Å². The summed E-state index contributed by atoms with van der Waals surface area (Å²) in [6, 6.07) is 8.96. The molecule has 1 N–H and O–H groups in total. The number of nitrogens with one attached hydrogen (secondary N) is 1. The fourth-order valence-corrected chi connectivity index (χ4v) is 2.00. The lowest BCUT2D eigenvalue weighted by Crippen LogP contribution is -2.05. The summed E-state index contributed by atoms with van der Waals surface area (Å²) in [4.78, 5) is 16.1. The number of para-hydroxylation sites is 1. The van der Waals surface area contributed by atoms with Crippen LogP contribution in [0.4, 0.5) is 10.8 Å². The molecule has 6 heteroatoms. The smallest absolute Gasteiger partial charge is 0.339 e. The lowest BCUT2D eigenvalue weighted by molar-refractivity contribution is 0.0602. The number of nitrogens with zero attached hydrogens (tertiary/aromatic N) is 2. The lowest BCUT2D eigenvalue weighted by Gasteiger charge is -2.07. The van der Waals surface area contributed by atoms with Crippen molar-refractivity contribution < 1.29 is 9.53 Å². The second-order valence-electron chi connectivity index (χ2n) is 3.30. The van der Waals surface area contributed by atoms with Gasteiger partial charge in [0.15, 0.2) is 5.13 Å². The quantitative estimate of drug-likeness (QED) is 0.857. The normalized spacial score (nSPS) is 9.56. The van der Waals surface area contributed by atoms with Crippen LogP contribution in [-0.4, -0.2) is 18.1 Å². The molecule has 5 nitrogen and oxygen atoms in total. The summed E-state index contributed by atoms with van der Waals surface area (Å²) in [7, 11) is 1.33. The van der Waals surface area contributed by atoms with Crippen molar-refractivity contribution in [3.8, 4) is 6.07 Å². The van der Waals surface area contributed by atoms with Crippen molar-refractivity contribution in [2.75, 3.05) is 12.4 Å². The summed E-state index contributed by atoms with van der Waals surface area (Å²) >= 11 is 1.22. The molecule has 0 spiro atoms. The SMILES string of the molecule is COC(=O)c1ccccc1Nc1ncc(C#N)s1. The highest BCUT2D eigenvalue weighted by Gasteiger charge is 2.12. The molecular formula is C12H9N3O2S. The topological polar surface area (TPSA) is 75.0 Å². The van der Waals surface area contributed by atoms with Crippen molar-refractivity contribution in [2.45, 2.75) is 0 Å². The standard InChI is InChI=1S/C12H9N3O2S/c1-17-11(16)9-4-2-3-5-10(9)15-12-14-7-8(6-13)18-12/h2-5,7H,1H3,(H,14,15). The number of thiazole rings is 1. The summed E-state index contributed by atoms with van der Waals surface area (Å²) < 4.78 is 4.69. The van der Waals surface area contributed by atoms with Gasteiger partial charge in [0.25, 0.3) is 0 Å². The number of rotatable bonds is 3. The number of ether oxygens (including phenoxy) is 1. The van der Waals surface area contributed by atoms with Crippen LogP contribution in [0.2, 0.25) is 0 Å². The number of esters is 1. The van der Waals surface area contributed by atoms with E-state index in [4.69, 9.17) is 10.00 Å². The molecule has 90 valence electrons. The number of anilines is 2. The third-order valence-corrected chi connectivity index (χ3v) is 3.01. The largest absolute Gasteiger partial charge is 0.465 e. The van der Waals surface area contributed by atoms with E-state index in [-0.39, 0.29) is 0 Å². The van der Waals surface area contributed by atoms with Crippen LogP contribution in [0.5, 0.6) is 0 Å². The first-order chi connectivity index (χ1) is 8.74. The molecular weight excluding hydrogens is 250 g/mol. The van der Waals surface area contributed by atoms with Gasteiger partial charge in [-0.1, -0.05) is 23.5 Å². The van der Waals surface area contributed by atoms with E-state index in [0.29, 0.717) is 21.3 Å². The van der Waals surface area contributed by atoms with E-state index < -0.39 is 5.97 Å². The third-order valence-electron chi connectivity index (χ3n) is 2.19. The molecule has 0 aliphatic rings. The van der Waals surface area contributed by atoms with Crippen LogP contribution >= 0.6 is 11.3 Å². The maximum Gasteiger partial charge on any atom is 0.339 e. The Balaban J connectivity index is 2.29. The van der Waals surface area contributed by atoms with E-state index in [1.807, 2.05) is 6.07 Å². The molecule has 0 radical (unpaired) electrons. The predicted octanol–water partition coefficient (Wildman–Crippen LogP) is 2.54. The van der Waals surface area contributed by atoms with Crippen LogP contribution in [0.25, 0.3) is 0 Å². The molecule has 0 fully saturated rings. The minimum Gasteiger partial charge on any atom is -0.465 e. The summed E-state index contributed by atoms with van der Waals surface area (Å²) in [6.45, 7) is 0. The molecule has 0 aliphatic heterocycles. The van der Waals surface area contributed by atoms with Crippen molar-refractivity contribution >= 4 is 28.1 Å². The molecule has 0 bridgehead atoms. The maximum absolute atomic E-state index is 11.6. The van der Waals surface area contributed by atoms with Crippen molar-refractivity contribution in [1.82, 2.24) is 4.98 Å². The monoisotopic (exact) mass is 259 g/mol. The van der Waals surface area contributed by atoms with Crippen molar-refractivity contribution in [1.29, 1.82) is 5.26 Å². The van der Waals surface area contributed by atoms with Crippen LogP contribution in [0.3, 0.4) is 0 Å². The first-order valence-corrected chi connectivity index (χ1v) is 5.86. The van der Waals surface area contributed by atoms with E-state index in [1.54, 1.807) is 24.3 Å². The van der Waals surface area contributed by atoms with Crippen molar-refractivity contribution in [3.63, 3.8) is 0 Å². The fourth-order valence-electron chi connectivity index (χ4n) is 1.38. The van der Waals surface area contributed by atoms with Gasteiger partial charge >= 0.3 is 5.97 Å². The number of carbonyl (C=O) groups is 1. The molecule has 2 rings (SSSR count). The maximum atomic E-state index is 11.6. The van der Waals surface area contributed by atoms with Crippen LogP contribution in [0.1, 0.15) is 15.2 Å². The lowest BCUT2D eigenvalue weighted by atomic mass is 10.2. The van der Waals surface area contributed by atoms with Gasteiger partial charge in [0, 0.05) is 0 Å². The average molecular weight is 259 g/mol. The van der Waals surface area contributed by atoms with E-state index >= 15 is 0 Å². The van der Waals surface area contributed by atoms with E-state index in [2.05, 4.69) is 10.3 Å². The van der Waals surface area contributed by atoms with Gasteiger partial charge in [0.1, 0.15) is 10.9 Å². The fraction of sp³-hybridized carbons (Fsp3) is 0.0833. The Bertz CT molecular complexity index is 616. The van der Waals surface area contributed by atoms with Gasteiger partial charge in [0.2, 0.25) is 0 Å². The van der Waals surface area contributed by atoms with Gasteiger partial charge in [-0.15, -0.1) is 0 Å². The Morgan fingerprint density at radius 3 is 2.94 bits per heavy atom. The number of hydrogen-bond donors (Lipinski definition) is 1. The van der Waals surface area contributed by atoms with E-state index in [9.17, 15) is 4.79 Å². The van der Waals surface area contributed by atoms with Crippen LogP contribution in [0, 0.1) is 11.3 Å². The average Bonchev–Trinajstić information content (AvgIpc) is 2.86. The Hall–Kier alpha value is -2.39. The number of benzene rings is 1. The first kappa shape index (κ1) is 12.1. The number of hydrogen-bond acceptors (Lipinski definition) is 6. The van der Waals surface area contributed by atoms with Gasteiger partial charge in [-0.05, 0) is 12.1 Å². The van der Waals surface area contributed by atoms with Gasteiger partial charge < -0.3 is 10.1 Å². The van der Waals surface area contributed by atoms with Crippen molar-refractivity contribution in [2.24, 2.45) is 0 Å². The highest BCUT2D eigenvalue weighted by molar-refractivity contribution is 7.16. The Morgan fingerprint density at radius 1 is 1.50 bits per heavy atom. The molecule has 18 heavy (non-hydrogen) atoms. The molecule has 2 aromatic rings. The summed E-state index contributed by atoms with van der Waals surface area (Å²) in [5, 5.41) is 12.3. The van der Waals surface area contributed by atoms with Gasteiger partial charge in [-0.3, -0.25) is 0 Å². The Labute approximate surface area is 108 Å². The van der Waals surface area contributed by atoms with Crippen LogP contribution in [-0.2, 0) is 4.74 Å². The van der Waals surface area contributed by atoms with Gasteiger partial charge in [-0.2, -0.15) is 5.26 Å². The van der Waals surface area contributed by atoms with Gasteiger partial charge in [0.05, 0.1) is 24.6 Å². The molecule has 0 unspecified atom stereocenters. The second kappa shape index (κ2) is 5.29. The molecule has 0 saturated carbocycles. The van der Waals surface area contributed by atoms with Gasteiger partial charge in [-0.25, -0.2) is 9.78 Å². The molecule has 1 aromatic heterocycles. The summed E-state index contributed by atoms with van der Waals surface area (Å²) in [5.74, 6) is -0.421. The zero-order valence-corrected chi connectivity index (χ0v) is 10.3. The van der Waals surface area contributed by atoms with Crippen molar-refractivity contribution in [3.05, 3.63) is 40.9 Å². The van der Waals surface area contributed by atoms with E-state index in [0.717, 1.165) is 0 Å². The third kappa shape index (κ3) is 2.47. The molecule has 0 saturated heterocycles. The minimum absolute atomic E-state index is 0.421. The number of aromatic nitrogens is 1.